The molecule has 1 fully saturated rings. The van der Waals surface area contributed by atoms with E-state index < -0.39 is 0 Å². The predicted octanol–water partition coefficient (Wildman–Crippen LogP) is 3.06. The van der Waals surface area contributed by atoms with Crippen LogP contribution < -0.4 is 4.74 Å². The molecule has 0 aromatic heterocycles. The number of allylic oxidation sites excluding steroid dienone is 3. The lowest BCUT2D eigenvalue weighted by Gasteiger charge is -2.25. The van der Waals surface area contributed by atoms with Crippen LogP contribution in [0.25, 0.3) is 0 Å². The predicted molar refractivity (Wildman–Crippen MR) is 92.5 cm³/mol. The monoisotopic (exact) mass is 323 g/mol. The molecule has 2 aliphatic rings. The number of benzene rings is 1. The number of carbonyl (C=O) groups excluding carboxylic acids is 2. The summed E-state index contributed by atoms with van der Waals surface area (Å²) in [6.45, 7) is 4.87. The molecule has 0 bridgehead atoms. The van der Waals surface area contributed by atoms with E-state index in [1.807, 2.05) is 41.3 Å². The first-order valence-corrected chi connectivity index (χ1v) is 8.02. The summed E-state index contributed by atoms with van der Waals surface area (Å²) >= 11 is 0. The van der Waals surface area contributed by atoms with Gasteiger partial charge in [0, 0.05) is 30.5 Å². The van der Waals surface area contributed by atoms with Gasteiger partial charge in [0.1, 0.15) is 5.75 Å². The number of likely N-dealkylation sites (tertiary alicyclic amines) is 1. The Morgan fingerprint density at radius 1 is 1.29 bits per heavy atom. The minimum atomic E-state index is -0.365. The van der Waals surface area contributed by atoms with Gasteiger partial charge in [0.2, 0.25) is 5.91 Å². The summed E-state index contributed by atoms with van der Waals surface area (Å²) in [5, 5.41) is 0. The molecule has 1 aromatic carbocycles. The quantitative estimate of drug-likeness (QED) is 0.783. The third kappa shape index (κ3) is 3.18. The van der Waals surface area contributed by atoms with E-state index in [2.05, 4.69) is 6.58 Å². The van der Waals surface area contributed by atoms with Gasteiger partial charge < -0.3 is 9.64 Å². The number of ketones is 1. The fourth-order valence-electron chi connectivity index (χ4n) is 3.33. The fourth-order valence-corrected chi connectivity index (χ4v) is 3.33. The van der Waals surface area contributed by atoms with Crippen molar-refractivity contribution in [3.05, 3.63) is 66.3 Å². The lowest BCUT2D eigenvalue weighted by Crippen LogP contribution is -2.28. The van der Waals surface area contributed by atoms with Gasteiger partial charge in [-0.1, -0.05) is 30.4 Å². The van der Waals surface area contributed by atoms with E-state index in [9.17, 15) is 9.59 Å². The number of rotatable bonds is 5. The fraction of sp³-hybridized carbons (Fsp3) is 0.300. The molecule has 1 heterocycles. The molecule has 0 unspecified atom stereocenters. The van der Waals surface area contributed by atoms with Gasteiger partial charge in [-0.05, 0) is 30.2 Å². The summed E-state index contributed by atoms with van der Waals surface area (Å²) in [4.78, 5) is 26.2. The van der Waals surface area contributed by atoms with Gasteiger partial charge in [-0.2, -0.15) is 0 Å². The van der Waals surface area contributed by atoms with Gasteiger partial charge in [-0.3, -0.25) is 9.59 Å². The molecule has 4 nitrogen and oxygen atoms in total. The normalized spacial score (nSPS) is 22.9. The maximum atomic E-state index is 12.5. The molecule has 1 spiro atoms. The van der Waals surface area contributed by atoms with Crippen LogP contribution in [0, 0.1) is 5.41 Å². The van der Waals surface area contributed by atoms with Crippen LogP contribution >= 0.6 is 0 Å². The van der Waals surface area contributed by atoms with Crippen LogP contribution in [0.3, 0.4) is 0 Å². The zero-order chi connectivity index (χ0) is 17.2. The smallest absolute Gasteiger partial charge is 0.224 e. The minimum Gasteiger partial charge on any atom is -0.497 e. The third-order valence-corrected chi connectivity index (χ3v) is 4.56. The summed E-state index contributed by atoms with van der Waals surface area (Å²) in [6, 6.07) is 7.73. The molecular formula is C20H21NO3. The van der Waals surface area contributed by atoms with E-state index in [1.54, 1.807) is 19.3 Å². The molecular weight excluding hydrogens is 302 g/mol. The van der Waals surface area contributed by atoms with Gasteiger partial charge >= 0.3 is 0 Å². The summed E-state index contributed by atoms with van der Waals surface area (Å²) in [5.74, 6) is 0.925. The third-order valence-electron chi connectivity index (χ3n) is 4.56. The van der Waals surface area contributed by atoms with Crippen LogP contribution in [0.2, 0.25) is 0 Å². The second-order valence-electron chi connectivity index (χ2n) is 6.37. The Labute approximate surface area is 142 Å². The van der Waals surface area contributed by atoms with Crippen LogP contribution in [0.5, 0.6) is 5.75 Å². The van der Waals surface area contributed by atoms with Crippen LogP contribution in [0.1, 0.15) is 18.4 Å². The van der Waals surface area contributed by atoms with Crippen molar-refractivity contribution in [3.8, 4) is 5.75 Å². The van der Waals surface area contributed by atoms with Crippen molar-refractivity contribution in [1.29, 1.82) is 0 Å². The van der Waals surface area contributed by atoms with Crippen molar-refractivity contribution in [1.82, 2.24) is 4.90 Å². The number of hydrogen-bond donors (Lipinski definition) is 0. The number of amides is 1. The van der Waals surface area contributed by atoms with Crippen LogP contribution in [0.4, 0.5) is 0 Å². The number of carbonyl (C=O) groups is 2. The van der Waals surface area contributed by atoms with E-state index in [0.717, 1.165) is 16.9 Å². The summed E-state index contributed by atoms with van der Waals surface area (Å²) in [6.07, 6.45) is 8.12. The maximum absolute atomic E-state index is 12.5. The Hall–Kier alpha value is -2.62. The number of hydrogen-bond acceptors (Lipinski definition) is 3. The summed E-state index contributed by atoms with van der Waals surface area (Å²) in [7, 11) is 1.63. The van der Waals surface area contributed by atoms with E-state index in [4.69, 9.17) is 4.74 Å². The molecule has 1 amide bonds. The van der Waals surface area contributed by atoms with Gasteiger partial charge in [0.25, 0.3) is 0 Å². The van der Waals surface area contributed by atoms with E-state index in [1.165, 1.54) is 0 Å². The molecule has 0 saturated carbocycles. The van der Waals surface area contributed by atoms with Gasteiger partial charge in [0.15, 0.2) is 5.78 Å². The van der Waals surface area contributed by atoms with Crippen molar-refractivity contribution < 1.29 is 14.3 Å². The van der Waals surface area contributed by atoms with Gasteiger partial charge in [-0.25, -0.2) is 0 Å². The first kappa shape index (κ1) is 16.2. The first-order chi connectivity index (χ1) is 11.5. The molecule has 1 aliphatic heterocycles. The second kappa shape index (κ2) is 6.48. The zero-order valence-corrected chi connectivity index (χ0v) is 13.8. The largest absolute Gasteiger partial charge is 0.497 e. The highest BCUT2D eigenvalue weighted by atomic mass is 16.5. The molecule has 1 atom stereocenters. The Balaban J connectivity index is 1.76. The Morgan fingerprint density at radius 2 is 2.04 bits per heavy atom. The Kier molecular flexibility index (Phi) is 4.38. The molecule has 1 saturated heterocycles. The molecule has 0 radical (unpaired) electrons. The van der Waals surface area contributed by atoms with Crippen molar-refractivity contribution in [2.24, 2.45) is 5.41 Å². The Morgan fingerprint density at radius 3 is 2.71 bits per heavy atom. The van der Waals surface area contributed by atoms with Crippen molar-refractivity contribution in [2.75, 3.05) is 13.7 Å². The zero-order valence-electron chi connectivity index (χ0n) is 13.8. The van der Waals surface area contributed by atoms with Crippen molar-refractivity contribution in [3.63, 3.8) is 0 Å². The number of nitrogens with zero attached hydrogens (tertiary/aromatic N) is 1. The molecule has 3 rings (SSSR count). The summed E-state index contributed by atoms with van der Waals surface area (Å²) < 4.78 is 5.16. The van der Waals surface area contributed by atoms with Crippen molar-refractivity contribution >= 4 is 11.7 Å². The molecule has 1 aromatic rings. The molecule has 0 N–H and O–H groups in total. The standard InChI is InChI=1S/C20H21NO3/c1-3-4-16-11-20(10-9-18(16)22)12-19(23)21(14-20)13-15-5-7-17(24-2)8-6-15/h3,5-11H,1,4,12-14H2,2H3/t20-/m1/s1. The first-order valence-electron chi connectivity index (χ1n) is 8.02. The second-order valence-corrected chi connectivity index (χ2v) is 6.37. The topological polar surface area (TPSA) is 46.6 Å². The average Bonchev–Trinajstić information content (AvgIpc) is 2.87. The van der Waals surface area contributed by atoms with Crippen LogP contribution in [0.15, 0.2) is 60.7 Å². The highest BCUT2D eigenvalue weighted by Gasteiger charge is 2.41. The lowest BCUT2D eigenvalue weighted by atomic mass is 9.79. The summed E-state index contributed by atoms with van der Waals surface area (Å²) in [5.41, 5.74) is 1.43. The van der Waals surface area contributed by atoms with Crippen LogP contribution in [-0.4, -0.2) is 30.2 Å². The van der Waals surface area contributed by atoms with E-state index in [0.29, 0.717) is 25.9 Å². The molecule has 1 aliphatic carbocycles. The maximum Gasteiger partial charge on any atom is 0.224 e. The average molecular weight is 323 g/mol. The molecule has 4 heteroatoms. The van der Waals surface area contributed by atoms with Gasteiger partial charge in [0.05, 0.1) is 7.11 Å². The van der Waals surface area contributed by atoms with Gasteiger partial charge in [-0.15, -0.1) is 6.58 Å². The minimum absolute atomic E-state index is 0.0154. The van der Waals surface area contributed by atoms with E-state index in [-0.39, 0.29) is 17.1 Å². The molecule has 24 heavy (non-hydrogen) atoms. The lowest BCUT2D eigenvalue weighted by molar-refractivity contribution is -0.128. The molecule has 124 valence electrons. The number of ether oxygens (including phenoxy) is 1. The highest BCUT2D eigenvalue weighted by Crippen LogP contribution is 2.39. The number of methoxy groups -OCH3 is 1. The van der Waals surface area contributed by atoms with Crippen molar-refractivity contribution in [2.45, 2.75) is 19.4 Å². The highest BCUT2D eigenvalue weighted by molar-refractivity contribution is 6.05. The SMILES string of the molecule is C=CCC1=C[C@]2(C=CC1=O)CC(=O)N(Cc1ccc(OC)cc1)C2. The van der Waals surface area contributed by atoms with E-state index >= 15 is 0 Å². The Bertz CT molecular complexity index is 730. The van der Waals surface area contributed by atoms with Crippen LogP contribution in [-0.2, 0) is 16.1 Å².